The van der Waals surface area contributed by atoms with Crippen molar-refractivity contribution in [1.29, 1.82) is 0 Å². The summed E-state index contributed by atoms with van der Waals surface area (Å²) < 4.78 is 19.5. The number of benzene rings is 1. The van der Waals surface area contributed by atoms with Gasteiger partial charge in [-0.15, -0.1) is 11.3 Å². The lowest BCUT2D eigenvalue weighted by Crippen LogP contribution is -2.24. The van der Waals surface area contributed by atoms with E-state index in [2.05, 4.69) is 5.32 Å². The Hall–Kier alpha value is -2.47. The number of hydrogen-bond donors (Lipinski definition) is 1. The van der Waals surface area contributed by atoms with Gasteiger partial charge < -0.3 is 9.73 Å². The maximum absolute atomic E-state index is 13.8. The monoisotopic (exact) mass is 412 g/mol. The van der Waals surface area contributed by atoms with E-state index >= 15 is 0 Å². The number of furan rings is 1. The summed E-state index contributed by atoms with van der Waals surface area (Å²) in [7, 11) is 0. The van der Waals surface area contributed by atoms with E-state index < -0.39 is 0 Å². The summed E-state index contributed by atoms with van der Waals surface area (Å²) in [6.45, 7) is 0.654. The van der Waals surface area contributed by atoms with Gasteiger partial charge in [0.25, 0.3) is 0 Å². The van der Waals surface area contributed by atoms with Gasteiger partial charge in [-0.1, -0.05) is 12.1 Å². The number of fused-ring (bicyclic) bond motifs is 1. The number of carbonyl (C=O) groups is 1. The van der Waals surface area contributed by atoms with Gasteiger partial charge in [0, 0.05) is 30.7 Å². The Bertz CT molecular complexity index is 955. The molecule has 0 unspecified atom stereocenters. The third kappa shape index (κ3) is 5.12. The Kier molecular flexibility index (Phi) is 6.39. The highest BCUT2D eigenvalue weighted by atomic mass is 32.1. The predicted molar refractivity (Wildman–Crippen MR) is 113 cm³/mol. The summed E-state index contributed by atoms with van der Waals surface area (Å²) >= 11 is 1.84. The van der Waals surface area contributed by atoms with Crippen molar-refractivity contribution in [2.24, 2.45) is 0 Å². The second-order valence-electron chi connectivity index (χ2n) is 7.38. The van der Waals surface area contributed by atoms with E-state index in [0.717, 1.165) is 19.3 Å². The normalized spacial score (nSPS) is 13.3. The number of thiazole rings is 1. The summed E-state index contributed by atoms with van der Waals surface area (Å²) in [5.74, 6) is 0.871. The maximum atomic E-state index is 13.8. The second kappa shape index (κ2) is 9.35. The third-order valence-electron chi connectivity index (χ3n) is 5.18. The van der Waals surface area contributed by atoms with Gasteiger partial charge in [-0.25, -0.2) is 9.37 Å². The number of rotatable bonds is 8. The fraction of sp³-hybridized carbons (Fsp3) is 0.391. The van der Waals surface area contributed by atoms with Crippen molar-refractivity contribution in [3.63, 3.8) is 0 Å². The standard InChI is InChI=1S/C23H25FN2O2S/c24-18-7-2-1-6-17(18)20-13-11-16(28-20)12-14-22(27)25-15-5-10-23-26-19-8-3-4-9-21(19)29-23/h1-2,6-7,11,13H,3-5,8-10,12,14-15H2,(H,25,27). The molecule has 2 heterocycles. The van der Waals surface area contributed by atoms with Gasteiger partial charge in [0.1, 0.15) is 17.3 Å². The van der Waals surface area contributed by atoms with Crippen LogP contribution in [-0.2, 0) is 30.5 Å². The molecule has 0 fully saturated rings. The highest BCUT2D eigenvalue weighted by Crippen LogP contribution is 2.27. The van der Waals surface area contributed by atoms with Gasteiger partial charge in [-0.05, 0) is 56.4 Å². The molecular weight excluding hydrogens is 387 g/mol. The number of amides is 1. The first-order valence-corrected chi connectivity index (χ1v) is 11.1. The third-order valence-corrected chi connectivity index (χ3v) is 6.40. The van der Waals surface area contributed by atoms with Crippen LogP contribution in [0.25, 0.3) is 11.3 Å². The quantitative estimate of drug-likeness (QED) is 0.524. The van der Waals surface area contributed by atoms with Crippen LogP contribution in [0.2, 0.25) is 0 Å². The van der Waals surface area contributed by atoms with E-state index in [1.165, 1.54) is 40.9 Å². The van der Waals surface area contributed by atoms with E-state index in [0.29, 0.717) is 36.5 Å². The van der Waals surface area contributed by atoms with Crippen molar-refractivity contribution >= 4 is 17.2 Å². The largest absolute Gasteiger partial charge is 0.461 e. The van der Waals surface area contributed by atoms with Crippen LogP contribution in [0.15, 0.2) is 40.8 Å². The van der Waals surface area contributed by atoms with Gasteiger partial charge in [0.2, 0.25) is 5.91 Å². The number of aryl methyl sites for hydroxylation is 4. The van der Waals surface area contributed by atoms with Gasteiger partial charge in [-0.3, -0.25) is 4.79 Å². The molecule has 0 saturated carbocycles. The van der Waals surface area contributed by atoms with Crippen LogP contribution in [0.5, 0.6) is 0 Å². The summed E-state index contributed by atoms with van der Waals surface area (Å²) in [6.07, 6.45) is 7.50. The lowest BCUT2D eigenvalue weighted by Gasteiger charge is -2.06. The molecule has 6 heteroatoms. The van der Waals surface area contributed by atoms with Gasteiger partial charge in [0.15, 0.2) is 0 Å². The number of nitrogens with zero attached hydrogens (tertiary/aromatic N) is 1. The molecule has 0 spiro atoms. The molecule has 0 aliphatic heterocycles. The Morgan fingerprint density at radius 3 is 2.86 bits per heavy atom. The van der Waals surface area contributed by atoms with Crippen LogP contribution in [0, 0.1) is 5.82 Å². The number of nitrogens with one attached hydrogen (secondary N) is 1. The van der Waals surface area contributed by atoms with Gasteiger partial charge >= 0.3 is 0 Å². The van der Waals surface area contributed by atoms with E-state index in [1.807, 2.05) is 11.3 Å². The molecular formula is C23H25FN2O2S. The van der Waals surface area contributed by atoms with Crippen molar-refractivity contribution < 1.29 is 13.6 Å². The molecule has 4 nitrogen and oxygen atoms in total. The number of carbonyl (C=O) groups excluding carboxylic acids is 1. The molecule has 29 heavy (non-hydrogen) atoms. The molecule has 0 radical (unpaired) electrons. The molecule has 1 aliphatic rings. The topological polar surface area (TPSA) is 55.1 Å². The lowest BCUT2D eigenvalue weighted by molar-refractivity contribution is -0.121. The summed E-state index contributed by atoms with van der Waals surface area (Å²) in [4.78, 5) is 18.3. The molecule has 152 valence electrons. The average molecular weight is 413 g/mol. The molecule has 2 aromatic heterocycles. The van der Waals surface area contributed by atoms with Crippen LogP contribution >= 0.6 is 11.3 Å². The zero-order valence-electron chi connectivity index (χ0n) is 16.4. The zero-order chi connectivity index (χ0) is 20.1. The lowest BCUT2D eigenvalue weighted by atomic mass is 10.0. The van der Waals surface area contributed by atoms with Crippen LogP contribution in [-0.4, -0.2) is 17.4 Å². The first kappa shape index (κ1) is 19.8. The van der Waals surface area contributed by atoms with Crippen molar-refractivity contribution in [3.8, 4) is 11.3 Å². The number of halogens is 1. The molecule has 1 aromatic carbocycles. The average Bonchev–Trinajstić information content (AvgIpc) is 3.36. The molecule has 1 aliphatic carbocycles. The smallest absolute Gasteiger partial charge is 0.220 e. The van der Waals surface area contributed by atoms with E-state index in [4.69, 9.17) is 9.40 Å². The molecule has 1 amide bonds. The zero-order valence-corrected chi connectivity index (χ0v) is 17.2. The molecule has 4 rings (SSSR count). The van der Waals surface area contributed by atoms with Crippen molar-refractivity contribution in [3.05, 3.63) is 63.6 Å². The van der Waals surface area contributed by atoms with Crippen LogP contribution < -0.4 is 5.32 Å². The fourth-order valence-corrected chi connectivity index (χ4v) is 4.82. The molecule has 0 saturated heterocycles. The van der Waals surface area contributed by atoms with E-state index in [-0.39, 0.29) is 11.7 Å². The number of hydrogen-bond acceptors (Lipinski definition) is 4. The first-order valence-electron chi connectivity index (χ1n) is 10.3. The van der Waals surface area contributed by atoms with Gasteiger partial charge in [-0.2, -0.15) is 0 Å². The second-order valence-corrected chi connectivity index (χ2v) is 8.55. The van der Waals surface area contributed by atoms with E-state index in [9.17, 15) is 9.18 Å². The van der Waals surface area contributed by atoms with Crippen LogP contribution in [0.4, 0.5) is 4.39 Å². The Labute approximate surface area is 174 Å². The summed E-state index contributed by atoms with van der Waals surface area (Å²) in [6, 6.07) is 10.1. The van der Waals surface area contributed by atoms with Crippen molar-refractivity contribution in [1.82, 2.24) is 10.3 Å². The highest BCUT2D eigenvalue weighted by molar-refractivity contribution is 7.11. The SMILES string of the molecule is O=C(CCc1ccc(-c2ccccc2F)o1)NCCCc1nc2c(s1)CCCC2. The minimum absolute atomic E-state index is 0.00674. The summed E-state index contributed by atoms with van der Waals surface area (Å²) in [5.41, 5.74) is 1.74. The minimum atomic E-state index is -0.313. The highest BCUT2D eigenvalue weighted by Gasteiger charge is 2.15. The van der Waals surface area contributed by atoms with Crippen LogP contribution in [0.1, 0.15) is 47.0 Å². The van der Waals surface area contributed by atoms with Crippen LogP contribution in [0.3, 0.4) is 0 Å². The molecule has 0 bridgehead atoms. The Morgan fingerprint density at radius 2 is 2.00 bits per heavy atom. The Balaban J connectivity index is 1.18. The molecule has 0 atom stereocenters. The van der Waals surface area contributed by atoms with E-state index in [1.54, 1.807) is 30.3 Å². The van der Waals surface area contributed by atoms with Crippen molar-refractivity contribution in [2.75, 3.05) is 6.54 Å². The fourth-order valence-electron chi connectivity index (χ4n) is 3.62. The molecule has 3 aromatic rings. The Morgan fingerprint density at radius 1 is 1.14 bits per heavy atom. The maximum Gasteiger partial charge on any atom is 0.220 e. The number of aromatic nitrogens is 1. The summed E-state index contributed by atoms with van der Waals surface area (Å²) in [5, 5.41) is 4.17. The van der Waals surface area contributed by atoms with Crippen molar-refractivity contribution in [2.45, 2.75) is 51.4 Å². The first-order chi connectivity index (χ1) is 14.2. The molecule has 1 N–H and O–H groups in total. The van der Waals surface area contributed by atoms with Gasteiger partial charge in [0.05, 0.1) is 16.3 Å². The minimum Gasteiger partial charge on any atom is -0.461 e. The predicted octanol–water partition coefficient (Wildman–Crippen LogP) is 5.10.